The van der Waals surface area contributed by atoms with Crippen molar-refractivity contribution in [2.75, 3.05) is 40.0 Å². The van der Waals surface area contributed by atoms with Crippen LogP contribution in [0.4, 0.5) is 8.78 Å². The van der Waals surface area contributed by atoms with Crippen LogP contribution in [-0.2, 0) is 25.6 Å². The van der Waals surface area contributed by atoms with E-state index in [0.29, 0.717) is 45.8 Å². The fourth-order valence-electron chi connectivity index (χ4n) is 4.51. The Balaban J connectivity index is 1.54. The molecule has 2 saturated heterocycles. The molecule has 2 fully saturated rings. The number of benzene rings is 1. The average molecular weight is 463 g/mol. The molecule has 1 aromatic rings. The normalized spacial score (nSPS) is 22.6. The van der Waals surface area contributed by atoms with Crippen molar-refractivity contribution in [1.82, 2.24) is 15.1 Å². The summed E-state index contributed by atoms with van der Waals surface area (Å²) in [5.74, 6) is -2.45. The number of nitrogens with zero attached hydrogens (tertiary/aromatic N) is 2. The summed E-state index contributed by atoms with van der Waals surface area (Å²) in [6, 6.07) is 3.14. The minimum absolute atomic E-state index is 0.127. The molecule has 0 aromatic heterocycles. The summed E-state index contributed by atoms with van der Waals surface area (Å²) in [6.07, 6.45) is 2.75. The Morgan fingerprint density at radius 2 is 2.18 bits per heavy atom. The number of fused-ring (bicyclic) bond motifs is 2. The van der Waals surface area contributed by atoms with E-state index in [1.54, 1.807) is 23.1 Å². The first-order chi connectivity index (χ1) is 15.8. The lowest BCUT2D eigenvalue weighted by Gasteiger charge is -2.50. The second-order valence-corrected chi connectivity index (χ2v) is 8.51. The zero-order valence-corrected chi connectivity index (χ0v) is 18.4. The van der Waals surface area contributed by atoms with Gasteiger partial charge in [-0.15, -0.1) is 0 Å². The number of ether oxygens (including phenoxy) is 2. The van der Waals surface area contributed by atoms with Crippen LogP contribution in [0.3, 0.4) is 0 Å². The topological polar surface area (TPSA) is 91.3 Å². The number of hydrogen-bond acceptors (Lipinski definition) is 6. The van der Waals surface area contributed by atoms with Gasteiger partial charge in [0.15, 0.2) is 0 Å². The molecule has 1 atom stereocenters. The Hall–Kier alpha value is -2.98. The quantitative estimate of drug-likeness (QED) is 0.601. The second kappa shape index (κ2) is 9.48. The molecule has 1 aromatic carbocycles. The van der Waals surface area contributed by atoms with Gasteiger partial charge in [0.2, 0.25) is 5.91 Å². The van der Waals surface area contributed by atoms with Gasteiger partial charge in [-0.05, 0) is 18.9 Å². The summed E-state index contributed by atoms with van der Waals surface area (Å²) >= 11 is 0. The summed E-state index contributed by atoms with van der Waals surface area (Å²) in [4.78, 5) is 29.3. The molecule has 0 aliphatic carbocycles. The third kappa shape index (κ3) is 4.58. The molecule has 178 valence electrons. The van der Waals surface area contributed by atoms with Crippen LogP contribution in [0, 0.1) is 11.6 Å². The van der Waals surface area contributed by atoms with Crippen LogP contribution in [-0.4, -0.2) is 72.3 Å². The highest BCUT2D eigenvalue weighted by Crippen LogP contribution is 2.40. The van der Waals surface area contributed by atoms with E-state index < -0.39 is 23.1 Å². The van der Waals surface area contributed by atoms with E-state index in [0.717, 1.165) is 12.1 Å². The molecule has 1 unspecified atom stereocenters. The average Bonchev–Trinajstić information content (AvgIpc) is 3.25. The zero-order valence-electron chi connectivity index (χ0n) is 18.4. The Kier molecular flexibility index (Phi) is 6.66. The van der Waals surface area contributed by atoms with Crippen LogP contribution >= 0.6 is 0 Å². The van der Waals surface area contributed by atoms with Crippen LogP contribution in [0.1, 0.15) is 24.8 Å². The standard InChI is InChI=1S/C23H27F2N3O5/c1-32-7-2-6-27-13-23(5-8-33-14-23)28-12-16(9-19(29)20(28)22(27)31)21(30)26-11-15-3-4-17(24)10-18(15)25/h3-4,10,12,29H,2,5-9,11,13-14H2,1H3,(H,26,30). The second-order valence-electron chi connectivity index (χ2n) is 8.51. The number of carbonyl (C=O) groups is 2. The van der Waals surface area contributed by atoms with Crippen molar-refractivity contribution < 1.29 is 33.0 Å². The van der Waals surface area contributed by atoms with E-state index in [4.69, 9.17) is 9.47 Å². The number of rotatable bonds is 7. The number of amides is 2. The number of hydrogen-bond donors (Lipinski definition) is 2. The van der Waals surface area contributed by atoms with E-state index in [-0.39, 0.29) is 41.5 Å². The number of methoxy groups -OCH3 is 1. The fraction of sp³-hybridized carbons (Fsp3) is 0.478. The first kappa shape index (κ1) is 23.2. The minimum atomic E-state index is -0.754. The molecule has 4 rings (SSSR count). The lowest BCUT2D eigenvalue weighted by molar-refractivity contribution is -0.136. The summed E-state index contributed by atoms with van der Waals surface area (Å²) in [5, 5.41) is 13.4. The number of nitrogens with one attached hydrogen (secondary N) is 1. The lowest BCUT2D eigenvalue weighted by atomic mass is 9.88. The summed E-state index contributed by atoms with van der Waals surface area (Å²) in [6.45, 7) is 2.12. The molecule has 33 heavy (non-hydrogen) atoms. The van der Waals surface area contributed by atoms with Gasteiger partial charge in [0.05, 0.1) is 12.1 Å². The van der Waals surface area contributed by atoms with E-state index >= 15 is 0 Å². The number of aliphatic hydroxyl groups is 1. The van der Waals surface area contributed by atoms with Crippen LogP contribution < -0.4 is 5.32 Å². The predicted molar refractivity (Wildman–Crippen MR) is 114 cm³/mol. The maximum Gasteiger partial charge on any atom is 0.274 e. The molecular formula is C23H27F2N3O5. The van der Waals surface area contributed by atoms with E-state index in [1.165, 1.54) is 6.07 Å². The summed E-state index contributed by atoms with van der Waals surface area (Å²) < 4.78 is 37.7. The van der Waals surface area contributed by atoms with Crippen LogP contribution in [0.25, 0.3) is 0 Å². The first-order valence-electron chi connectivity index (χ1n) is 10.8. The minimum Gasteiger partial charge on any atom is -0.510 e. The molecule has 1 spiro atoms. The van der Waals surface area contributed by atoms with Gasteiger partial charge in [-0.2, -0.15) is 0 Å². The third-order valence-corrected chi connectivity index (χ3v) is 6.25. The first-order valence-corrected chi connectivity index (χ1v) is 10.8. The Bertz CT molecular complexity index is 1000. The van der Waals surface area contributed by atoms with Crippen molar-refractivity contribution in [2.45, 2.75) is 31.3 Å². The van der Waals surface area contributed by atoms with Crippen molar-refractivity contribution in [2.24, 2.45) is 0 Å². The maximum absolute atomic E-state index is 13.9. The molecule has 3 aliphatic heterocycles. The smallest absolute Gasteiger partial charge is 0.274 e. The number of piperazine rings is 1. The monoisotopic (exact) mass is 463 g/mol. The highest BCUT2D eigenvalue weighted by Gasteiger charge is 2.51. The van der Waals surface area contributed by atoms with Crippen LogP contribution in [0.15, 0.2) is 41.4 Å². The molecule has 10 heteroatoms. The number of carbonyl (C=O) groups excluding carboxylic acids is 2. The molecule has 2 N–H and O–H groups in total. The van der Waals surface area contributed by atoms with Crippen molar-refractivity contribution in [3.63, 3.8) is 0 Å². The number of halogens is 2. The van der Waals surface area contributed by atoms with Gasteiger partial charge < -0.3 is 29.7 Å². The van der Waals surface area contributed by atoms with Crippen LogP contribution in [0.2, 0.25) is 0 Å². The zero-order chi connectivity index (χ0) is 23.6. The fourth-order valence-corrected chi connectivity index (χ4v) is 4.51. The van der Waals surface area contributed by atoms with Crippen molar-refractivity contribution in [3.8, 4) is 0 Å². The van der Waals surface area contributed by atoms with Gasteiger partial charge in [0.1, 0.15) is 23.1 Å². The van der Waals surface area contributed by atoms with Gasteiger partial charge in [-0.25, -0.2) is 8.78 Å². The Morgan fingerprint density at radius 3 is 2.88 bits per heavy atom. The van der Waals surface area contributed by atoms with Crippen molar-refractivity contribution >= 4 is 11.8 Å². The molecule has 3 heterocycles. The third-order valence-electron chi connectivity index (χ3n) is 6.25. The summed E-state index contributed by atoms with van der Waals surface area (Å²) in [5.41, 5.74) is -0.0441. The molecule has 0 radical (unpaired) electrons. The van der Waals surface area contributed by atoms with E-state index in [1.807, 2.05) is 0 Å². The van der Waals surface area contributed by atoms with E-state index in [9.17, 15) is 23.5 Å². The Morgan fingerprint density at radius 1 is 1.36 bits per heavy atom. The van der Waals surface area contributed by atoms with Gasteiger partial charge in [0.25, 0.3) is 5.91 Å². The number of allylic oxidation sites excluding steroid dienone is 1. The number of aliphatic hydroxyl groups excluding tert-OH is 1. The van der Waals surface area contributed by atoms with Crippen molar-refractivity contribution in [1.29, 1.82) is 0 Å². The van der Waals surface area contributed by atoms with Gasteiger partial charge in [-0.1, -0.05) is 6.07 Å². The van der Waals surface area contributed by atoms with Crippen LogP contribution in [0.5, 0.6) is 0 Å². The Labute approximate surface area is 190 Å². The lowest BCUT2D eigenvalue weighted by Crippen LogP contribution is -2.63. The van der Waals surface area contributed by atoms with E-state index in [2.05, 4.69) is 5.32 Å². The predicted octanol–water partition coefficient (Wildman–Crippen LogP) is 1.98. The summed E-state index contributed by atoms with van der Waals surface area (Å²) in [7, 11) is 1.60. The molecule has 3 aliphatic rings. The van der Waals surface area contributed by atoms with Gasteiger partial charge in [-0.3, -0.25) is 9.59 Å². The molecule has 0 saturated carbocycles. The highest BCUT2D eigenvalue weighted by atomic mass is 19.1. The molecular weight excluding hydrogens is 436 g/mol. The molecule has 0 bridgehead atoms. The van der Waals surface area contributed by atoms with Crippen molar-refractivity contribution in [3.05, 3.63) is 58.6 Å². The molecule has 8 nitrogen and oxygen atoms in total. The van der Waals surface area contributed by atoms with Gasteiger partial charge >= 0.3 is 0 Å². The maximum atomic E-state index is 13.9. The SMILES string of the molecule is COCCCN1CC2(CCOC2)N2C=C(C(=O)NCc3ccc(F)cc3F)CC(O)=C2C1=O. The largest absolute Gasteiger partial charge is 0.510 e. The highest BCUT2D eigenvalue weighted by molar-refractivity contribution is 5.98. The van der Waals surface area contributed by atoms with Gasteiger partial charge in [0, 0.05) is 69.8 Å². The molecule has 2 amide bonds.